The van der Waals surface area contributed by atoms with Crippen LogP contribution in [-0.2, 0) is 16.6 Å². The number of aromatic nitrogens is 5. The Morgan fingerprint density at radius 1 is 1.26 bits per heavy atom. The zero-order valence-corrected chi connectivity index (χ0v) is 21.3. The zero-order valence-electron chi connectivity index (χ0n) is 21.3. The summed E-state index contributed by atoms with van der Waals surface area (Å²) in [7, 11) is 3.44. The lowest BCUT2D eigenvalue weighted by molar-refractivity contribution is -0.154. The molecule has 5 rings (SSSR count). The summed E-state index contributed by atoms with van der Waals surface area (Å²) >= 11 is 0. The average Bonchev–Trinajstić information content (AvgIpc) is 3.61. The Hall–Kier alpha value is -4.13. The SMILES string of the molecule is COCCN1C[C@@H](NC(=O)Nc2c(C)c(-c3cnn(C)c3)nn2-c2ccccc2)[C@H](c2ccnc(F)c2)O1. The molecule has 4 heterocycles. The number of para-hydroxylation sites is 1. The number of aryl methyl sites for hydroxylation is 1. The van der Waals surface area contributed by atoms with E-state index in [0.29, 0.717) is 36.8 Å². The van der Waals surface area contributed by atoms with Gasteiger partial charge in [0.25, 0.3) is 0 Å². The molecule has 0 saturated carbocycles. The molecule has 0 aliphatic carbocycles. The highest BCUT2D eigenvalue weighted by atomic mass is 19.1. The molecule has 1 saturated heterocycles. The first-order chi connectivity index (χ1) is 18.4. The van der Waals surface area contributed by atoms with Gasteiger partial charge < -0.3 is 10.1 Å². The van der Waals surface area contributed by atoms with Crippen LogP contribution in [0.5, 0.6) is 0 Å². The smallest absolute Gasteiger partial charge is 0.320 e. The lowest BCUT2D eigenvalue weighted by atomic mass is 10.0. The maximum atomic E-state index is 13.9. The van der Waals surface area contributed by atoms with Crippen molar-refractivity contribution in [1.29, 1.82) is 0 Å². The number of carbonyl (C=O) groups excluding carboxylic acids is 1. The van der Waals surface area contributed by atoms with Gasteiger partial charge in [-0.1, -0.05) is 18.2 Å². The fraction of sp³-hybridized carbons (Fsp3) is 0.308. The molecule has 1 fully saturated rings. The Bertz CT molecular complexity index is 1410. The molecule has 2 atom stereocenters. The normalized spacial score (nSPS) is 17.6. The number of hydroxylamine groups is 2. The highest BCUT2D eigenvalue weighted by Crippen LogP contribution is 2.32. The fourth-order valence-electron chi connectivity index (χ4n) is 4.47. The molecular formula is C26H29FN8O3. The maximum absolute atomic E-state index is 13.9. The average molecular weight is 521 g/mol. The predicted octanol–water partition coefficient (Wildman–Crippen LogP) is 3.24. The van der Waals surface area contributed by atoms with Crippen molar-refractivity contribution < 1.29 is 18.8 Å². The number of pyridine rings is 1. The van der Waals surface area contributed by atoms with Gasteiger partial charge in [-0.15, -0.1) is 0 Å². The van der Waals surface area contributed by atoms with E-state index in [4.69, 9.17) is 14.7 Å². The van der Waals surface area contributed by atoms with Crippen LogP contribution in [0.4, 0.5) is 15.0 Å². The number of carbonyl (C=O) groups is 1. The van der Waals surface area contributed by atoms with E-state index >= 15 is 0 Å². The minimum atomic E-state index is -0.616. The first-order valence-corrected chi connectivity index (χ1v) is 12.2. The van der Waals surface area contributed by atoms with E-state index in [-0.39, 0.29) is 0 Å². The number of hydrogen-bond acceptors (Lipinski definition) is 7. The van der Waals surface area contributed by atoms with Crippen LogP contribution in [-0.4, -0.2) is 68.5 Å². The molecule has 2 amide bonds. The van der Waals surface area contributed by atoms with Gasteiger partial charge in [0.1, 0.15) is 17.6 Å². The van der Waals surface area contributed by atoms with Gasteiger partial charge >= 0.3 is 6.03 Å². The van der Waals surface area contributed by atoms with Gasteiger partial charge in [0.15, 0.2) is 0 Å². The summed E-state index contributed by atoms with van der Waals surface area (Å²) in [6, 6.07) is 11.6. The van der Waals surface area contributed by atoms with Crippen molar-refractivity contribution in [3.05, 3.63) is 78.1 Å². The Kier molecular flexibility index (Phi) is 7.45. The molecule has 1 aromatic carbocycles. The van der Waals surface area contributed by atoms with Crippen LogP contribution < -0.4 is 10.6 Å². The number of ether oxygens (including phenoxy) is 1. The van der Waals surface area contributed by atoms with E-state index in [2.05, 4.69) is 20.7 Å². The maximum Gasteiger partial charge on any atom is 0.320 e. The summed E-state index contributed by atoms with van der Waals surface area (Å²) in [5.74, 6) is -0.0934. The van der Waals surface area contributed by atoms with Gasteiger partial charge in [-0.05, 0) is 36.8 Å². The number of rotatable bonds is 8. The molecule has 3 aromatic heterocycles. The van der Waals surface area contributed by atoms with E-state index in [1.807, 2.05) is 50.5 Å². The zero-order chi connectivity index (χ0) is 26.6. The molecular weight excluding hydrogens is 491 g/mol. The number of methoxy groups -OCH3 is 1. The van der Waals surface area contributed by atoms with Crippen molar-refractivity contribution in [2.24, 2.45) is 7.05 Å². The van der Waals surface area contributed by atoms with E-state index in [9.17, 15) is 9.18 Å². The largest absolute Gasteiger partial charge is 0.383 e. The number of amides is 2. The second-order valence-electron chi connectivity index (χ2n) is 9.00. The molecule has 0 radical (unpaired) electrons. The van der Waals surface area contributed by atoms with Crippen molar-refractivity contribution >= 4 is 11.8 Å². The highest BCUT2D eigenvalue weighted by Gasteiger charge is 2.37. The minimum absolute atomic E-state index is 0.392. The van der Waals surface area contributed by atoms with Gasteiger partial charge in [0.05, 0.1) is 24.5 Å². The van der Waals surface area contributed by atoms with Crippen molar-refractivity contribution in [2.45, 2.75) is 19.1 Å². The van der Waals surface area contributed by atoms with Crippen molar-refractivity contribution in [3.63, 3.8) is 0 Å². The number of urea groups is 1. The Morgan fingerprint density at radius 3 is 2.79 bits per heavy atom. The van der Waals surface area contributed by atoms with Crippen LogP contribution >= 0.6 is 0 Å². The molecule has 2 N–H and O–H groups in total. The Balaban J connectivity index is 1.41. The van der Waals surface area contributed by atoms with E-state index in [0.717, 1.165) is 16.8 Å². The van der Waals surface area contributed by atoms with Gasteiger partial charge in [0, 0.05) is 50.8 Å². The Morgan fingerprint density at radius 2 is 2.08 bits per heavy atom. The molecule has 0 unspecified atom stereocenters. The van der Waals surface area contributed by atoms with Crippen LogP contribution in [0.2, 0.25) is 0 Å². The van der Waals surface area contributed by atoms with Crippen molar-refractivity contribution in [1.82, 2.24) is 34.9 Å². The fourth-order valence-corrected chi connectivity index (χ4v) is 4.47. The quantitative estimate of drug-likeness (QED) is 0.343. The lowest BCUT2D eigenvalue weighted by Gasteiger charge is -2.19. The molecule has 1 aliphatic heterocycles. The van der Waals surface area contributed by atoms with E-state index < -0.39 is 24.1 Å². The molecule has 12 heteroatoms. The second-order valence-corrected chi connectivity index (χ2v) is 9.00. The molecule has 1 aliphatic rings. The molecule has 11 nitrogen and oxygen atoms in total. The standard InChI is InChI=1S/C26H29FN8O3/c1-17-23(19-14-29-33(2)15-19)32-35(20-7-5-4-6-8-20)25(17)31-26(36)30-21-16-34(11-12-37-3)38-24(21)18-9-10-28-22(27)13-18/h4-10,13-15,21,24H,11-12,16H2,1-3H3,(H2,30,31,36)/t21-,24+/m1/s1. The number of halogens is 1. The van der Waals surface area contributed by atoms with Crippen molar-refractivity contribution in [3.8, 4) is 16.9 Å². The first kappa shape index (κ1) is 25.5. The number of nitrogens with one attached hydrogen (secondary N) is 2. The van der Waals surface area contributed by atoms with Gasteiger partial charge in [-0.3, -0.25) is 14.8 Å². The van der Waals surface area contributed by atoms with E-state index in [1.54, 1.807) is 33.8 Å². The van der Waals surface area contributed by atoms with Gasteiger partial charge in [0.2, 0.25) is 5.95 Å². The number of anilines is 1. The van der Waals surface area contributed by atoms with Crippen molar-refractivity contribution in [2.75, 3.05) is 32.1 Å². The van der Waals surface area contributed by atoms with Crippen LogP contribution in [0.1, 0.15) is 17.2 Å². The van der Waals surface area contributed by atoms with Crippen LogP contribution in [0.25, 0.3) is 16.9 Å². The first-order valence-electron chi connectivity index (χ1n) is 12.2. The predicted molar refractivity (Wildman–Crippen MR) is 138 cm³/mol. The lowest BCUT2D eigenvalue weighted by Crippen LogP contribution is -2.42. The number of nitrogens with zero attached hydrogens (tertiary/aromatic N) is 6. The summed E-state index contributed by atoms with van der Waals surface area (Å²) < 4.78 is 22.4. The highest BCUT2D eigenvalue weighted by molar-refractivity contribution is 5.91. The third-order valence-corrected chi connectivity index (χ3v) is 6.30. The summed E-state index contributed by atoms with van der Waals surface area (Å²) in [4.78, 5) is 23.0. The molecule has 0 bridgehead atoms. The molecule has 0 spiro atoms. The summed E-state index contributed by atoms with van der Waals surface area (Å²) in [5.41, 5.74) is 3.69. The number of hydrogen-bond donors (Lipinski definition) is 2. The Labute approximate surface area is 219 Å². The second kappa shape index (κ2) is 11.1. The molecule has 38 heavy (non-hydrogen) atoms. The molecule has 4 aromatic rings. The molecule has 198 valence electrons. The monoisotopic (exact) mass is 520 g/mol. The summed E-state index contributed by atoms with van der Waals surface area (Å²) in [6.07, 6.45) is 4.39. The minimum Gasteiger partial charge on any atom is -0.383 e. The third kappa shape index (κ3) is 5.42. The van der Waals surface area contributed by atoms with Crippen LogP contribution in [0.3, 0.4) is 0 Å². The topological polar surface area (TPSA) is 111 Å². The van der Waals surface area contributed by atoms with Crippen LogP contribution in [0, 0.1) is 12.9 Å². The number of benzene rings is 1. The summed E-state index contributed by atoms with van der Waals surface area (Å²) in [6.45, 7) is 3.24. The van der Waals surface area contributed by atoms with Gasteiger partial charge in [-0.25, -0.2) is 14.5 Å². The van der Waals surface area contributed by atoms with Gasteiger partial charge in [-0.2, -0.15) is 19.7 Å². The summed E-state index contributed by atoms with van der Waals surface area (Å²) in [5, 5.41) is 16.7. The van der Waals surface area contributed by atoms with Crippen LogP contribution in [0.15, 0.2) is 61.1 Å². The third-order valence-electron chi connectivity index (χ3n) is 6.30. The van der Waals surface area contributed by atoms with E-state index in [1.165, 1.54) is 12.3 Å².